The third-order valence-electron chi connectivity index (χ3n) is 2.80. The molecule has 90 valence electrons. The minimum absolute atomic E-state index is 0.308. The second-order valence-corrected chi connectivity index (χ2v) is 3.91. The van der Waals surface area contributed by atoms with Gasteiger partial charge in [0.15, 0.2) is 5.69 Å². The number of nitrogens with two attached hydrogens (primary N) is 1. The van der Waals surface area contributed by atoms with E-state index in [1.165, 1.54) is 0 Å². The van der Waals surface area contributed by atoms with E-state index in [9.17, 15) is 4.79 Å². The molecule has 0 saturated carbocycles. The largest absolute Gasteiger partial charge is 0.364 e. The first kappa shape index (κ1) is 12.7. The zero-order valence-corrected chi connectivity index (χ0v) is 10.2. The third kappa shape index (κ3) is 2.40. The second kappa shape index (κ2) is 5.63. The van der Waals surface area contributed by atoms with E-state index in [2.05, 4.69) is 31.1 Å². The van der Waals surface area contributed by atoms with E-state index >= 15 is 0 Å². The van der Waals surface area contributed by atoms with Gasteiger partial charge in [0.2, 0.25) is 0 Å². The minimum atomic E-state index is -0.486. The van der Waals surface area contributed by atoms with Gasteiger partial charge in [0, 0.05) is 0 Å². The molecule has 0 aliphatic rings. The number of hydrogen-bond acceptors (Lipinski definition) is 3. The summed E-state index contributed by atoms with van der Waals surface area (Å²) in [5.74, 6) is -0.486. The number of aromatic nitrogens is 3. The van der Waals surface area contributed by atoms with Crippen LogP contribution >= 0.6 is 0 Å². The fraction of sp³-hybridized carbons (Fsp3) is 0.727. The predicted octanol–water partition coefficient (Wildman–Crippen LogP) is 1.69. The topological polar surface area (TPSA) is 73.8 Å². The molecule has 1 heterocycles. The van der Waals surface area contributed by atoms with Gasteiger partial charge in [0.05, 0.1) is 11.7 Å². The highest BCUT2D eigenvalue weighted by atomic mass is 16.1. The normalized spacial score (nSPS) is 11.0. The van der Waals surface area contributed by atoms with Crippen LogP contribution in [-0.4, -0.2) is 20.9 Å². The van der Waals surface area contributed by atoms with E-state index in [1.54, 1.807) is 0 Å². The van der Waals surface area contributed by atoms with Crippen LogP contribution in [0.3, 0.4) is 0 Å². The van der Waals surface area contributed by atoms with Gasteiger partial charge in [-0.1, -0.05) is 32.4 Å². The molecule has 0 unspecified atom stereocenters. The Morgan fingerprint density at radius 1 is 1.38 bits per heavy atom. The lowest BCUT2D eigenvalue weighted by molar-refractivity contribution is 0.0994. The average Bonchev–Trinajstić information content (AvgIpc) is 2.65. The van der Waals surface area contributed by atoms with Crippen molar-refractivity contribution in [1.29, 1.82) is 0 Å². The molecule has 5 nitrogen and oxygen atoms in total. The molecule has 0 spiro atoms. The Labute approximate surface area is 96.0 Å². The fourth-order valence-electron chi connectivity index (χ4n) is 1.90. The molecule has 1 aromatic rings. The van der Waals surface area contributed by atoms with Crippen LogP contribution in [0.4, 0.5) is 0 Å². The lowest BCUT2D eigenvalue weighted by atomic mass is 10.1. The van der Waals surface area contributed by atoms with Crippen molar-refractivity contribution in [2.45, 2.75) is 52.5 Å². The van der Waals surface area contributed by atoms with E-state index in [-0.39, 0.29) is 0 Å². The fourth-order valence-corrected chi connectivity index (χ4v) is 1.90. The van der Waals surface area contributed by atoms with Gasteiger partial charge in [0.1, 0.15) is 0 Å². The maximum atomic E-state index is 11.2. The molecule has 16 heavy (non-hydrogen) atoms. The number of rotatable bonds is 6. The van der Waals surface area contributed by atoms with Crippen LogP contribution in [-0.2, 0) is 6.42 Å². The third-order valence-corrected chi connectivity index (χ3v) is 2.80. The summed E-state index contributed by atoms with van der Waals surface area (Å²) in [5.41, 5.74) is 6.49. The molecule has 0 bridgehead atoms. The first-order chi connectivity index (χ1) is 7.65. The highest BCUT2D eigenvalue weighted by Gasteiger charge is 2.20. The Morgan fingerprint density at radius 2 is 2.00 bits per heavy atom. The van der Waals surface area contributed by atoms with E-state index < -0.39 is 5.91 Å². The summed E-state index contributed by atoms with van der Waals surface area (Å²) < 4.78 is 1.86. The Kier molecular flexibility index (Phi) is 4.46. The predicted molar refractivity (Wildman–Crippen MR) is 62.2 cm³/mol. The van der Waals surface area contributed by atoms with Gasteiger partial charge in [-0.15, -0.1) is 5.10 Å². The SMILES string of the molecule is CCCc1c(C(N)=O)nnn1C(CC)CC. The van der Waals surface area contributed by atoms with Crippen molar-refractivity contribution in [3.63, 3.8) is 0 Å². The Hall–Kier alpha value is -1.39. The number of primary amides is 1. The lowest BCUT2D eigenvalue weighted by Gasteiger charge is -2.15. The van der Waals surface area contributed by atoms with Gasteiger partial charge in [-0.25, -0.2) is 4.68 Å². The van der Waals surface area contributed by atoms with E-state index in [0.717, 1.165) is 31.4 Å². The number of carbonyl (C=O) groups is 1. The minimum Gasteiger partial charge on any atom is -0.364 e. The maximum absolute atomic E-state index is 11.2. The van der Waals surface area contributed by atoms with Gasteiger partial charge in [-0.3, -0.25) is 4.79 Å². The van der Waals surface area contributed by atoms with E-state index in [1.807, 2.05) is 4.68 Å². The van der Waals surface area contributed by atoms with Crippen LogP contribution in [0.2, 0.25) is 0 Å². The Morgan fingerprint density at radius 3 is 2.44 bits per heavy atom. The number of nitrogens with zero attached hydrogens (tertiary/aromatic N) is 3. The van der Waals surface area contributed by atoms with Crippen molar-refractivity contribution >= 4 is 5.91 Å². The van der Waals surface area contributed by atoms with Gasteiger partial charge in [0.25, 0.3) is 5.91 Å². The smallest absolute Gasteiger partial charge is 0.271 e. The summed E-state index contributed by atoms with van der Waals surface area (Å²) in [6.07, 6.45) is 3.71. The first-order valence-corrected chi connectivity index (χ1v) is 5.89. The first-order valence-electron chi connectivity index (χ1n) is 5.89. The molecule has 0 saturated heterocycles. The molecule has 0 aliphatic carbocycles. The van der Waals surface area contributed by atoms with Crippen LogP contribution in [0.25, 0.3) is 0 Å². The molecule has 0 atom stereocenters. The summed E-state index contributed by atoms with van der Waals surface area (Å²) >= 11 is 0. The van der Waals surface area contributed by atoms with Crippen molar-refractivity contribution in [2.75, 3.05) is 0 Å². The number of amides is 1. The van der Waals surface area contributed by atoms with Crippen LogP contribution in [0.5, 0.6) is 0 Å². The molecule has 1 aromatic heterocycles. The standard InChI is InChI=1S/C11H20N4O/c1-4-7-9-10(11(12)16)13-14-15(9)8(5-2)6-3/h8H,4-7H2,1-3H3,(H2,12,16). The molecular weight excluding hydrogens is 204 g/mol. The molecule has 1 amide bonds. The molecule has 0 aliphatic heterocycles. The summed E-state index contributed by atoms with van der Waals surface area (Å²) in [5, 5.41) is 7.95. The lowest BCUT2D eigenvalue weighted by Crippen LogP contribution is -2.17. The summed E-state index contributed by atoms with van der Waals surface area (Å²) in [6.45, 7) is 6.28. The van der Waals surface area contributed by atoms with Crippen molar-refractivity contribution in [2.24, 2.45) is 5.73 Å². The molecule has 2 N–H and O–H groups in total. The monoisotopic (exact) mass is 224 g/mol. The highest BCUT2D eigenvalue weighted by Crippen LogP contribution is 2.19. The Balaban J connectivity index is 3.13. The van der Waals surface area contributed by atoms with Gasteiger partial charge >= 0.3 is 0 Å². The highest BCUT2D eigenvalue weighted by molar-refractivity contribution is 5.91. The summed E-state index contributed by atoms with van der Waals surface area (Å²) in [4.78, 5) is 11.2. The van der Waals surface area contributed by atoms with Gasteiger partial charge in [-0.2, -0.15) is 0 Å². The van der Waals surface area contributed by atoms with Crippen molar-refractivity contribution in [3.8, 4) is 0 Å². The number of carbonyl (C=O) groups excluding carboxylic acids is 1. The van der Waals surface area contributed by atoms with Crippen molar-refractivity contribution < 1.29 is 4.79 Å². The zero-order chi connectivity index (χ0) is 12.1. The van der Waals surface area contributed by atoms with Crippen LogP contribution in [0, 0.1) is 0 Å². The van der Waals surface area contributed by atoms with Crippen molar-refractivity contribution in [1.82, 2.24) is 15.0 Å². The van der Waals surface area contributed by atoms with Gasteiger partial charge in [-0.05, 0) is 19.3 Å². The molecule has 0 aromatic carbocycles. The quantitative estimate of drug-likeness (QED) is 0.799. The van der Waals surface area contributed by atoms with Crippen molar-refractivity contribution in [3.05, 3.63) is 11.4 Å². The van der Waals surface area contributed by atoms with Crippen LogP contribution < -0.4 is 5.73 Å². The Bertz CT molecular complexity index is 355. The zero-order valence-electron chi connectivity index (χ0n) is 10.2. The van der Waals surface area contributed by atoms with Crippen LogP contribution in [0.15, 0.2) is 0 Å². The van der Waals surface area contributed by atoms with E-state index in [4.69, 9.17) is 5.73 Å². The van der Waals surface area contributed by atoms with Crippen LogP contribution in [0.1, 0.15) is 62.3 Å². The second-order valence-electron chi connectivity index (χ2n) is 3.91. The summed E-state index contributed by atoms with van der Waals surface area (Å²) in [7, 11) is 0. The molecular formula is C11H20N4O. The molecule has 0 radical (unpaired) electrons. The molecule has 0 fully saturated rings. The summed E-state index contributed by atoms with van der Waals surface area (Å²) in [6, 6.07) is 0.308. The molecule has 1 rings (SSSR count). The molecule has 5 heteroatoms. The number of hydrogen-bond donors (Lipinski definition) is 1. The van der Waals surface area contributed by atoms with Gasteiger partial charge < -0.3 is 5.73 Å². The maximum Gasteiger partial charge on any atom is 0.271 e. The van der Waals surface area contributed by atoms with E-state index in [0.29, 0.717) is 11.7 Å². The average molecular weight is 224 g/mol.